The molecule has 2 aromatic carbocycles. The Bertz CT molecular complexity index is 787. The van der Waals surface area contributed by atoms with E-state index in [1.54, 1.807) is 31.2 Å². The number of nitro groups is 1. The van der Waals surface area contributed by atoms with Gasteiger partial charge in [-0.1, -0.05) is 23.2 Å². The Morgan fingerprint density at radius 1 is 1.21 bits per heavy atom. The van der Waals surface area contributed by atoms with Gasteiger partial charge in [-0.3, -0.25) is 10.1 Å². The number of thiocarbonyl (C=S) groups is 1. The predicted octanol–water partition coefficient (Wildman–Crippen LogP) is 5.11. The van der Waals surface area contributed by atoms with E-state index in [1.807, 2.05) is 0 Å². The summed E-state index contributed by atoms with van der Waals surface area (Å²) in [5, 5.41) is 17.9. The molecule has 0 aliphatic carbocycles. The van der Waals surface area contributed by atoms with E-state index >= 15 is 0 Å². The minimum Gasteiger partial charge on any atom is -0.494 e. The van der Waals surface area contributed by atoms with Crippen molar-refractivity contribution in [2.45, 2.75) is 6.92 Å². The van der Waals surface area contributed by atoms with Crippen LogP contribution in [-0.4, -0.2) is 16.6 Å². The van der Waals surface area contributed by atoms with Crippen molar-refractivity contribution in [2.24, 2.45) is 0 Å². The van der Waals surface area contributed by atoms with Crippen LogP contribution in [0.25, 0.3) is 0 Å². The van der Waals surface area contributed by atoms with Gasteiger partial charge in [-0.25, -0.2) is 0 Å². The number of hydrogen-bond acceptors (Lipinski definition) is 4. The van der Waals surface area contributed by atoms with Crippen molar-refractivity contribution in [3.05, 3.63) is 56.6 Å². The number of hydrogen-bond donors (Lipinski definition) is 2. The van der Waals surface area contributed by atoms with Gasteiger partial charge in [0.25, 0.3) is 5.69 Å². The molecule has 6 nitrogen and oxygen atoms in total. The summed E-state index contributed by atoms with van der Waals surface area (Å²) in [6.45, 7) is 2.21. The van der Waals surface area contributed by atoms with Crippen LogP contribution >= 0.6 is 35.4 Å². The van der Waals surface area contributed by atoms with Gasteiger partial charge in [0.15, 0.2) is 5.11 Å². The Hall–Kier alpha value is -2.09. The van der Waals surface area contributed by atoms with Gasteiger partial charge in [0, 0.05) is 5.02 Å². The Morgan fingerprint density at radius 2 is 1.92 bits per heavy atom. The van der Waals surface area contributed by atoms with Gasteiger partial charge in [-0.15, -0.1) is 0 Å². The van der Waals surface area contributed by atoms with Gasteiger partial charge >= 0.3 is 0 Å². The van der Waals surface area contributed by atoms with Crippen molar-refractivity contribution < 1.29 is 9.66 Å². The maximum Gasteiger partial charge on any atom is 0.296 e. The smallest absolute Gasteiger partial charge is 0.296 e. The highest BCUT2D eigenvalue weighted by molar-refractivity contribution is 7.80. The number of anilines is 2. The summed E-state index contributed by atoms with van der Waals surface area (Å²) >= 11 is 17.1. The monoisotopic (exact) mass is 385 g/mol. The third-order valence-electron chi connectivity index (χ3n) is 2.90. The van der Waals surface area contributed by atoms with Gasteiger partial charge < -0.3 is 15.4 Å². The number of nitrogens with zero attached hydrogens (tertiary/aromatic N) is 1. The molecule has 0 saturated heterocycles. The first-order valence-corrected chi connectivity index (χ1v) is 8.01. The first-order chi connectivity index (χ1) is 11.4. The van der Waals surface area contributed by atoms with E-state index in [4.69, 9.17) is 40.2 Å². The van der Waals surface area contributed by atoms with Crippen LogP contribution in [-0.2, 0) is 0 Å². The first kappa shape index (κ1) is 18.3. The zero-order valence-electron chi connectivity index (χ0n) is 12.5. The number of ether oxygens (including phenoxy) is 1. The van der Waals surface area contributed by atoms with Crippen LogP contribution in [0.15, 0.2) is 36.4 Å². The second-order valence-electron chi connectivity index (χ2n) is 4.57. The number of rotatable bonds is 5. The lowest BCUT2D eigenvalue weighted by Gasteiger charge is -2.13. The number of benzene rings is 2. The molecule has 0 aliphatic rings. The number of nitro benzene ring substituents is 1. The second kappa shape index (κ2) is 8.14. The molecule has 126 valence electrons. The van der Waals surface area contributed by atoms with E-state index in [0.717, 1.165) is 0 Å². The number of halogens is 2. The van der Waals surface area contributed by atoms with Crippen LogP contribution in [0.5, 0.6) is 5.75 Å². The lowest BCUT2D eigenvalue weighted by Crippen LogP contribution is -2.20. The number of nitrogens with one attached hydrogen (secondary N) is 2. The third-order valence-corrected chi connectivity index (χ3v) is 3.67. The van der Waals surface area contributed by atoms with E-state index in [1.165, 1.54) is 12.1 Å². The molecule has 0 amide bonds. The average molecular weight is 386 g/mol. The standard InChI is InChI=1S/C15H13Cl2N3O3S/c1-2-23-10-4-6-12(14(8-10)20(21)22)18-15(24)19-13-7-9(16)3-5-11(13)17/h3-8H,2H2,1H3,(H2,18,19,24). The molecule has 0 saturated carbocycles. The topological polar surface area (TPSA) is 76.4 Å². The molecule has 0 heterocycles. The van der Waals surface area contributed by atoms with Gasteiger partial charge in [-0.05, 0) is 49.5 Å². The van der Waals surface area contributed by atoms with Crippen LogP contribution in [0.2, 0.25) is 10.0 Å². The summed E-state index contributed by atoms with van der Waals surface area (Å²) in [6.07, 6.45) is 0. The van der Waals surface area contributed by atoms with Gasteiger partial charge in [0.1, 0.15) is 11.4 Å². The fraction of sp³-hybridized carbons (Fsp3) is 0.133. The predicted molar refractivity (Wildman–Crippen MR) is 101 cm³/mol. The molecule has 2 rings (SSSR count). The molecule has 0 fully saturated rings. The van der Waals surface area contributed by atoms with Crippen molar-refractivity contribution in [1.29, 1.82) is 0 Å². The Morgan fingerprint density at radius 3 is 2.58 bits per heavy atom. The minimum absolute atomic E-state index is 0.145. The maximum atomic E-state index is 11.2. The highest BCUT2D eigenvalue weighted by atomic mass is 35.5. The molecule has 0 atom stereocenters. The molecule has 2 aromatic rings. The first-order valence-electron chi connectivity index (χ1n) is 6.85. The van der Waals surface area contributed by atoms with Crippen molar-refractivity contribution >= 4 is 57.6 Å². The zero-order valence-corrected chi connectivity index (χ0v) is 14.8. The highest BCUT2D eigenvalue weighted by Gasteiger charge is 2.16. The molecular weight excluding hydrogens is 373 g/mol. The quantitative estimate of drug-likeness (QED) is 0.423. The lowest BCUT2D eigenvalue weighted by atomic mass is 10.2. The summed E-state index contributed by atoms with van der Waals surface area (Å²) in [5.74, 6) is 0.409. The molecule has 0 bridgehead atoms. The molecule has 0 spiro atoms. The summed E-state index contributed by atoms with van der Waals surface area (Å²) in [5.41, 5.74) is 0.580. The molecule has 0 unspecified atom stereocenters. The fourth-order valence-corrected chi connectivity index (χ4v) is 2.45. The van der Waals surface area contributed by atoms with E-state index in [0.29, 0.717) is 28.1 Å². The van der Waals surface area contributed by atoms with Crippen LogP contribution in [0.1, 0.15) is 6.92 Å². The highest BCUT2D eigenvalue weighted by Crippen LogP contribution is 2.30. The Kier molecular flexibility index (Phi) is 6.19. The van der Waals surface area contributed by atoms with Crippen LogP contribution < -0.4 is 15.4 Å². The average Bonchev–Trinajstić information content (AvgIpc) is 2.52. The molecular formula is C15H13Cl2N3O3S. The fourth-order valence-electron chi connectivity index (χ4n) is 1.89. The molecule has 0 aromatic heterocycles. The molecule has 9 heteroatoms. The van der Waals surface area contributed by atoms with Gasteiger partial charge in [-0.2, -0.15) is 0 Å². The van der Waals surface area contributed by atoms with Gasteiger partial charge in [0.05, 0.1) is 28.3 Å². The van der Waals surface area contributed by atoms with E-state index in [-0.39, 0.29) is 16.5 Å². The maximum absolute atomic E-state index is 11.2. The molecule has 24 heavy (non-hydrogen) atoms. The zero-order chi connectivity index (χ0) is 17.7. The Labute approximate surface area is 153 Å². The van der Waals surface area contributed by atoms with E-state index in [2.05, 4.69) is 10.6 Å². The van der Waals surface area contributed by atoms with Crippen molar-refractivity contribution in [1.82, 2.24) is 0 Å². The van der Waals surface area contributed by atoms with Crippen molar-refractivity contribution in [2.75, 3.05) is 17.2 Å². The van der Waals surface area contributed by atoms with Crippen LogP contribution in [0, 0.1) is 10.1 Å². The third kappa shape index (κ3) is 4.70. The van der Waals surface area contributed by atoms with Crippen molar-refractivity contribution in [3.8, 4) is 5.75 Å². The van der Waals surface area contributed by atoms with E-state index < -0.39 is 4.92 Å². The molecule has 0 aliphatic heterocycles. The summed E-state index contributed by atoms with van der Waals surface area (Å²) in [6, 6.07) is 9.34. The van der Waals surface area contributed by atoms with Crippen LogP contribution in [0.3, 0.4) is 0 Å². The van der Waals surface area contributed by atoms with E-state index in [9.17, 15) is 10.1 Å². The summed E-state index contributed by atoms with van der Waals surface area (Å²) in [7, 11) is 0. The normalized spacial score (nSPS) is 10.1. The lowest BCUT2D eigenvalue weighted by molar-refractivity contribution is -0.384. The second-order valence-corrected chi connectivity index (χ2v) is 5.82. The largest absolute Gasteiger partial charge is 0.494 e. The SMILES string of the molecule is CCOc1ccc(NC(=S)Nc2cc(Cl)ccc2Cl)c([N+](=O)[O-])c1. The summed E-state index contributed by atoms with van der Waals surface area (Å²) < 4.78 is 5.27. The summed E-state index contributed by atoms with van der Waals surface area (Å²) in [4.78, 5) is 10.7. The van der Waals surface area contributed by atoms with Gasteiger partial charge in [0.2, 0.25) is 0 Å². The van der Waals surface area contributed by atoms with Crippen molar-refractivity contribution in [3.63, 3.8) is 0 Å². The molecule has 2 N–H and O–H groups in total. The minimum atomic E-state index is -0.514. The molecule has 0 radical (unpaired) electrons. The Balaban J connectivity index is 2.19. The van der Waals surface area contributed by atoms with Crippen LogP contribution in [0.4, 0.5) is 17.1 Å².